The lowest BCUT2D eigenvalue weighted by Crippen LogP contribution is -2.14. The quantitative estimate of drug-likeness (QED) is 0.385. The lowest BCUT2D eigenvalue weighted by molar-refractivity contribution is -0.115. The highest BCUT2D eigenvalue weighted by Crippen LogP contribution is 2.28. The zero-order valence-electron chi connectivity index (χ0n) is 18.2. The third-order valence-corrected chi connectivity index (χ3v) is 5.58. The number of halogens is 1. The first kappa shape index (κ1) is 21.8. The van der Waals surface area contributed by atoms with Crippen LogP contribution in [0.25, 0.3) is 22.3 Å². The summed E-state index contributed by atoms with van der Waals surface area (Å²) in [6, 6.07) is 21.7. The van der Waals surface area contributed by atoms with Crippen molar-refractivity contribution in [1.82, 2.24) is 0 Å². The average Bonchev–Trinajstić information content (AvgIpc) is 2.74. The van der Waals surface area contributed by atoms with Gasteiger partial charge in [-0.1, -0.05) is 68.8 Å². The Morgan fingerprint density at radius 2 is 1.62 bits per heavy atom. The first-order valence-corrected chi connectivity index (χ1v) is 10.8. The van der Waals surface area contributed by atoms with Gasteiger partial charge in [-0.2, -0.15) is 0 Å². The number of nitrogens with one attached hydrogen (secondary N) is 1. The smallest absolute Gasteiger partial charge is 0.228 e. The summed E-state index contributed by atoms with van der Waals surface area (Å²) in [6.07, 6.45) is 0.222. The van der Waals surface area contributed by atoms with Crippen molar-refractivity contribution in [2.75, 3.05) is 5.32 Å². The molecular formula is C27H24ClNO3. The molecule has 0 unspecified atom stereocenters. The molecule has 4 aromatic rings. The molecule has 32 heavy (non-hydrogen) atoms. The largest absolute Gasteiger partial charge is 0.456 e. The molecule has 0 saturated carbocycles. The third-order valence-electron chi connectivity index (χ3n) is 5.33. The van der Waals surface area contributed by atoms with E-state index in [0.29, 0.717) is 27.4 Å². The van der Waals surface area contributed by atoms with Crippen LogP contribution in [0.5, 0.6) is 0 Å². The lowest BCUT2D eigenvalue weighted by Gasteiger charge is -2.19. The fourth-order valence-corrected chi connectivity index (χ4v) is 3.63. The Kier molecular flexibility index (Phi) is 5.90. The number of hydrogen-bond acceptors (Lipinski definition) is 3. The first-order valence-electron chi connectivity index (χ1n) is 10.4. The molecule has 1 amide bonds. The van der Waals surface area contributed by atoms with Crippen molar-refractivity contribution >= 4 is 34.2 Å². The molecule has 1 N–H and O–H groups in total. The molecule has 5 heteroatoms. The molecule has 0 aliphatic carbocycles. The van der Waals surface area contributed by atoms with Gasteiger partial charge in [-0.15, -0.1) is 0 Å². The van der Waals surface area contributed by atoms with Crippen LogP contribution in [-0.2, 0) is 16.6 Å². The van der Waals surface area contributed by atoms with Crippen LogP contribution in [0.4, 0.5) is 5.69 Å². The van der Waals surface area contributed by atoms with Crippen molar-refractivity contribution in [2.24, 2.45) is 0 Å². The molecule has 162 valence electrons. The third kappa shape index (κ3) is 4.92. The van der Waals surface area contributed by atoms with E-state index >= 15 is 0 Å². The lowest BCUT2D eigenvalue weighted by atomic mass is 9.86. The van der Waals surface area contributed by atoms with Crippen LogP contribution in [-0.4, -0.2) is 5.91 Å². The van der Waals surface area contributed by atoms with Crippen molar-refractivity contribution in [3.05, 3.63) is 99.2 Å². The minimum Gasteiger partial charge on any atom is -0.456 e. The van der Waals surface area contributed by atoms with Crippen molar-refractivity contribution in [3.63, 3.8) is 0 Å². The van der Waals surface area contributed by atoms with Crippen LogP contribution in [0, 0.1) is 0 Å². The highest BCUT2D eigenvalue weighted by molar-refractivity contribution is 6.30. The summed E-state index contributed by atoms with van der Waals surface area (Å²) >= 11 is 5.89. The molecule has 1 heterocycles. The van der Waals surface area contributed by atoms with E-state index in [2.05, 4.69) is 26.1 Å². The summed E-state index contributed by atoms with van der Waals surface area (Å²) in [6.45, 7) is 6.46. The van der Waals surface area contributed by atoms with Gasteiger partial charge in [0.2, 0.25) is 5.91 Å². The van der Waals surface area contributed by atoms with Gasteiger partial charge < -0.3 is 9.73 Å². The van der Waals surface area contributed by atoms with E-state index in [0.717, 1.165) is 11.1 Å². The molecule has 3 aromatic carbocycles. The SMILES string of the molecule is CC(C)(C)c1ccc(-c2cc(=O)c3ccc(NC(=O)Cc4ccc(Cl)cc4)cc3o2)cc1. The van der Waals surface area contributed by atoms with Crippen LogP contribution in [0.3, 0.4) is 0 Å². The van der Waals surface area contributed by atoms with Gasteiger partial charge in [0.1, 0.15) is 11.3 Å². The van der Waals surface area contributed by atoms with Gasteiger partial charge in [0.15, 0.2) is 5.43 Å². The Morgan fingerprint density at radius 3 is 2.28 bits per heavy atom. The van der Waals surface area contributed by atoms with Crippen molar-refractivity contribution < 1.29 is 9.21 Å². The number of hydrogen-bond donors (Lipinski definition) is 1. The summed E-state index contributed by atoms with van der Waals surface area (Å²) in [7, 11) is 0. The highest BCUT2D eigenvalue weighted by Gasteiger charge is 2.14. The van der Waals surface area contributed by atoms with E-state index in [-0.39, 0.29) is 23.2 Å². The van der Waals surface area contributed by atoms with Crippen LogP contribution in [0.2, 0.25) is 5.02 Å². The maximum Gasteiger partial charge on any atom is 0.228 e. The molecule has 0 spiro atoms. The first-order chi connectivity index (χ1) is 15.2. The minimum atomic E-state index is -0.164. The van der Waals surface area contributed by atoms with Crippen LogP contribution in [0.1, 0.15) is 31.9 Å². The van der Waals surface area contributed by atoms with Gasteiger partial charge in [-0.3, -0.25) is 9.59 Å². The maximum atomic E-state index is 12.6. The number of benzene rings is 3. The van der Waals surface area contributed by atoms with Crippen LogP contribution < -0.4 is 10.7 Å². The highest BCUT2D eigenvalue weighted by atomic mass is 35.5. The molecular weight excluding hydrogens is 422 g/mol. The standard InChI is InChI=1S/C27H24ClNO3/c1-27(2,3)19-8-6-18(7-9-19)24-16-23(30)22-13-12-21(15-25(22)32-24)29-26(31)14-17-4-10-20(28)11-5-17/h4-13,15-16H,14H2,1-3H3,(H,29,31). The second-order valence-electron chi connectivity index (χ2n) is 8.86. The van der Waals surface area contributed by atoms with E-state index < -0.39 is 0 Å². The molecule has 0 saturated heterocycles. The van der Waals surface area contributed by atoms with Crippen molar-refractivity contribution in [3.8, 4) is 11.3 Å². The summed E-state index contributed by atoms with van der Waals surface area (Å²) < 4.78 is 6.04. The Hall–Kier alpha value is -3.37. The van der Waals surface area contributed by atoms with Gasteiger partial charge >= 0.3 is 0 Å². The van der Waals surface area contributed by atoms with Gasteiger partial charge in [-0.05, 0) is 40.8 Å². The monoisotopic (exact) mass is 445 g/mol. The Balaban J connectivity index is 1.59. The molecule has 1 aromatic heterocycles. The fourth-order valence-electron chi connectivity index (χ4n) is 3.50. The topological polar surface area (TPSA) is 59.3 Å². The number of rotatable bonds is 4. The predicted molar refractivity (Wildman–Crippen MR) is 130 cm³/mol. The zero-order valence-corrected chi connectivity index (χ0v) is 19.0. The van der Waals surface area contributed by atoms with E-state index in [9.17, 15) is 9.59 Å². The Bertz CT molecular complexity index is 1330. The van der Waals surface area contributed by atoms with Gasteiger partial charge in [-0.25, -0.2) is 0 Å². The Labute approximate surface area is 191 Å². The average molecular weight is 446 g/mol. The molecule has 0 atom stereocenters. The van der Waals surface area contributed by atoms with E-state index in [4.69, 9.17) is 16.0 Å². The fraction of sp³-hybridized carbons (Fsp3) is 0.185. The Morgan fingerprint density at radius 1 is 0.938 bits per heavy atom. The second kappa shape index (κ2) is 8.64. The normalized spacial score (nSPS) is 11.5. The van der Waals surface area contributed by atoms with Gasteiger partial charge in [0, 0.05) is 28.4 Å². The number of amides is 1. The molecule has 0 bridgehead atoms. The van der Waals surface area contributed by atoms with Crippen LogP contribution >= 0.6 is 11.6 Å². The zero-order chi connectivity index (χ0) is 22.9. The van der Waals surface area contributed by atoms with Crippen molar-refractivity contribution in [1.29, 1.82) is 0 Å². The van der Waals surface area contributed by atoms with E-state index in [1.54, 1.807) is 30.3 Å². The summed E-state index contributed by atoms with van der Waals surface area (Å²) in [5.74, 6) is 0.329. The molecule has 0 fully saturated rings. The second-order valence-corrected chi connectivity index (χ2v) is 9.30. The number of fused-ring (bicyclic) bond motifs is 1. The van der Waals surface area contributed by atoms with E-state index in [1.165, 1.54) is 11.6 Å². The van der Waals surface area contributed by atoms with Crippen LogP contribution in [0.15, 0.2) is 82.0 Å². The van der Waals surface area contributed by atoms with Gasteiger partial charge in [0.05, 0.1) is 11.8 Å². The molecule has 0 aliphatic heterocycles. The maximum absolute atomic E-state index is 12.6. The summed E-state index contributed by atoms with van der Waals surface area (Å²) in [5.41, 5.74) is 3.81. The minimum absolute atomic E-state index is 0.0435. The predicted octanol–water partition coefficient (Wildman–Crippen LogP) is 6.59. The molecule has 0 aliphatic rings. The van der Waals surface area contributed by atoms with E-state index in [1.807, 2.05) is 36.4 Å². The number of carbonyl (C=O) groups is 1. The molecule has 0 radical (unpaired) electrons. The van der Waals surface area contributed by atoms with Gasteiger partial charge in [0.25, 0.3) is 0 Å². The number of carbonyl (C=O) groups excluding carboxylic acids is 1. The number of anilines is 1. The molecule has 4 nitrogen and oxygen atoms in total. The molecule has 4 rings (SSSR count). The summed E-state index contributed by atoms with van der Waals surface area (Å²) in [4.78, 5) is 25.1. The summed E-state index contributed by atoms with van der Waals surface area (Å²) in [5, 5.41) is 3.96. The van der Waals surface area contributed by atoms with Crippen molar-refractivity contribution in [2.45, 2.75) is 32.6 Å².